The number of ether oxygens (including phenoxy) is 1. The molecule has 5 nitrogen and oxygen atoms in total. The third kappa shape index (κ3) is 5.44. The fourth-order valence-corrected chi connectivity index (χ4v) is 4.23. The molecule has 30 heavy (non-hydrogen) atoms. The van der Waals surface area contributed by atoms with Gasteiger partial charge in [0, 0.05) is 44.2 Å². The van der Waals surface area contributed by atoms with E-state index >= 15 is 0 Å². The molecule has 0 unspecified atom stereocenters. The molecule has 2 aliphatic heterocycles. The van der Waals surface area contributed by atoms with Gasteiger partial charge in [-0.3, -0.25) is 9.59 Å². The molecule has 0 aromatic heterocycles. The predicted octanol–water partition coefficient (Wildman–Crippen LogP) is 3.74. The Morgan fingerprint density at radius 3 is 2.50 bits per heavy atom. The second-order valence-corrected chi connectivity index (χ2v) is 8.16. The van der Waals surface area contributed by atoms with Gasteiger partial charge in [-0.2, -0.15) is 0 Å². The van der Waals surface area contributed by atoms with E-state index in [4.69, 9.17) is 4.74 Å². The highest BCUT2D eigenvalue weighted by Gasteiger charge is 2.42. The fraction of sp³-hybridized carbons (Fsp3) is 0.520. The molecule has 160 valence electrons. The molecule has 0 radical (unpaired) electrons. The van der Waals surface area contributed by atoms with Gasteiger partial charge in [-0.1, -0.05) is 31.0 Å². The van der Waals surface area contributed by atoms with Gasteiger partial charge in [-0.05, 0) is 56.1 Å². The molecule has 2 saturated heterocycles. The summed E-state index contributed by atoms with van der Waals surface area (Å²) in [4.78, 5) is 28.8. The van der Waals surface area contributed by atoms with E-state index in [1.807, 2.05) is 47.1 Å². The van der Waals surface area contributed by atoms with E-state index in [1.54, 1.807) is 6.08 Å². The first-order valence-electron chi connectivity index (χ1n) is 11.0. The van der Waals surface area contributed by atoms with E-state index < -0.39 is 0 Å². The van der Waals surface area contributed by atoms with E-state index in [0.717, 1.165) is 69.6 Å². The van der Waals surface area contributed by atoms with Crippen LogP contribution in [0.5, 0.6) is 5.75 Å². The van der Waals surface area contributed by atoms with Crippen molar-refractivity contribution in [1.29, 1.82) is 0 Å². The third-order valence-corrected chi connectivity index (χ3v) is 6.06. The first-order valence-corrected chi connectivity index (χ1v) is 11.0. The van der Waals surface area contributed by atoms with Crippen LogP contribution >= 0.6 is 0 Å². The van der Waals surface area contributed by atoms with Crippen molar-refractivity contribution >= 4 is 17.9 Å². The molecule has 2 heterocycles. The molecule has 0 saturated carbocycles. The van der Waals surface area contributed by atoms with Crippen molar-refractivity contribution in [1.82, 2.24) is 9.80 Å². The number of unbranched alkanes of at least 4 members (excludes halogenated alkanes) is 1. The van der Waals surface area contributed by atoms with Crippen LogP contribution in [0.25, 0.3) is 6.08 Å². The van der Waals surface area contributed by atoms with Crippen molar-refractivity contribution in [3.8, 4) is 17.6 Å². The molecule has 1 spiro atoms. The van der Waals surface area contributed by atoms with Gasteiger partial charge in [0.1, 0.15) is 5.75 Å². The summed E-state index contributed by atoms with van der Waals surface area (Å²) in [6.07, 6.45) is 8.10. The maximum atomic E-state index is 12.7. The Morgan fingerprint density at radius 2 is 1.80 bits per heavy atom. The van der Waals surface area contributed by atoms with Crippen LogP contribution in [0, 0.1) is 17.3 Å². The van der Waals surface area contributed by atoms with Gasteiger partial charge in [-0.15, -0.1) is 0 Å². The number of carbonyl (C=O) groups is 2. The summed E-state index contributed by atoms with van der Waals surface area (Å²) in [6, 6.07) is 7.74. The minimum Gasteiger partial charge on any atom is -0.493 e. The van der Waals surface area contributed by atoms with E-state index in [2.05, 4.69) is 18.8 Å². The molecule has 0 atom stereocenters. The van der Waals surface area contributed by atoms with Gasteiger partial charge >= 0.3 is 0 Å². The van der Waals surface area contributed by atoms with Crippen molar-refractivity contribution in [3.63, 3.8) is 0 Å². The molecular weight excluding hydrogens is 376 g/mol. The molecule has 2 fully saturated rings. The number of nitrogens with zero attached hydrogens (tertiary/aromatic N) is 2. The molecule has 0 N–H and O–H groups in total. The van der Waals surface area contributed by atoms with Crippen molar-refractivity contribution in [2.75, 3.05) is 32.8 Å². The molecule has 3 rings (SSSR count). The Hall–Kier alpha value is -2.74. The number of rotatable bonds is 5. The Labute approximate surface area is 180 Å². The molecule has 0 aliphatic carbocycles. The zero-order chi connectivity index (χ0) is 21.4. The highest BCUT2D eigenvalue weighted by Crippen LogP contribution is 2.40. The highest BCUT2D eigenvalue weighted by molar-refractivity contribution is 5.94. The lowest BCUT2D eigenvalue weighted by molar-refractivity contribution is -0.129. The highest BCUT2D eigenvalue weighted by atomic mass is 16.5. The van der Waals surface area contributed by atoms with Crippen LogP contribution in [-0.4, -0.2) is 54.4 Å². The van der Waals surface area contributed by atoms with Gasteiger partial charge < -0.3 is 14.5 Å². The predicted molar refractivity (Wildman–Crippen MR) is 119 cm³/mol. The number of amides is 2. The number of benzene rings is 1. The standard InChI is InChI=1S/C25H32N2O3/c1-3-5-6-11-23(28)27-19-16-25(20-27)14-17-26(18-15-25)24(29)13-12-21-9-7-8-10-22(21)30-4-2/h7-10,12-13H,3-5,14-20H2,1-2H3. The van der Waals surface area contributed by atoms with Crippen molar-refractivity contribution in [2.24, 2.45) is 5.41 Å². The summed E-state index contributed by atoms with van der Waals surface area (Å²) in [6.45, 7) is 7.63. The SMILES string of the molecule is CCCC#CC(=O)N1CCC2(CCN(C(=O)C=Cc3ccccc3OCC)CC2)C1. The van der Waals surface area contributed by atoms with Crippen molar-refractivity contribution in [3.05, 3.63) is 35.9 Å². The summed E-state index contributed by atoms with van der Waals surface area (Å²) in [5.74, 6) is 6.51. The Morgan fingerprint density at radius 1 is 1.10 bits per heavy atom. The van der Waals surface area contributed by atoms with Gasteiger partial charge in [0.25, 0.3) is 5.91 Å². The molecule has 5 heteroatoms. The zero-order valence-corrected chi connectivity index (χ0v) is 18.2. The van der Waals surface area contributed by atoms with Crippen LogP contribution < -0.4 is 4.74 Å². The first-order chi connectivity index (χ1) is 14.6. The Balaban J connectivity index is 1.53. The van der Waals surface area contributed by atoms with Gasteiger partial charge in [0.15, 0.2) is 0 Å². The fourth-order valence-electron chi connectivity index (χ4n) is 4.23. The van der Waals surface area contributed by atoms with Crippen LogP contribution in [-0.2, 0) is 9.59 Å². The lowest BCUT2D eigenvalue weighted by atomic mass is 9.78. The summed E-state index contributed by atoms with van der Waals surface area (Å²) >= 11 is 0. The monoisotopic (exact) mass is 408 g/mol. The molecule has 1 aromatic carbocycles. The molecule has 2 amide bonds. The van der Waals surface area contributed by atoms with Gasteiger partial charge in [-0.25, -0.2) is 0 Å². The summed E-state index contributed by atoms with van der Waals surface area (Å²) in [5.41, 5.74) is 1.06. The van der Waals surface area contributed by atoms with E-state index in [0.29, 0.717) is 6.61 Å². The Kier molecular flexibility index (Phi) is 7.57. The van der Waals surface area contributed by atoms with E-state index in [-0.39, 0.29) is 17.2 Å². The first kappa shape index (κ1) is 22.0. The second-order valence-electron chi connectivity index (χ2n) is 8.16. The number of hydrogen-bond donors (Lipinski definition) is 0. The van der Waals surface area contributed by atoms with Crippen LogP contribution in [0.15, 0.2) is 30.3 Å². The topological polar surface area (TPSA) is 49.9 Å². The lowest BCUT2D eigenvalue weighted by Crippen LogP contribution is -2.44. The zero-order valence-electron chi connectivity index (χ0n) is 18.2. The third-order valence-electron chi connectivity index (χ3n) is 6.06. The van der Waals surface area contributed by atoms with Gasteiger partial charge in [0.05, 0.1) is 6.61 Å². The number of hydrogen-bond acceptors (Lipinski definition) is 3. The molecule has 0 bridgehead atoms. The van der Waals surface area contributed by atoms with Crippen LogP contribution in [0.1, 0.15) is 51.5 Å². The van der Waals surface area contributed by atoms with Crippen molar-refractivity contribution < 1.29 is 14.3 Å². The average molecular weight is 409 g/mol. The molecular formula is C25H32N2O3. The summed E-state index contributed by atoms with van der Waals surface area (Å²) < 4.78 is 5.62. The largest absolute Gasteiger partial charge is 0.493 e. The summed E-state index contributed by atoms with van der Waals surface area (Å²) in [7, 11) is 0. The molecule has 1 aromatic rings. The number of para-hydroxylation sites is 1. The average Bonchev–Trinajstić information content (AvgIpc) is 3.17. The van der Waals surface area contributed by atoms with Crippen LogP contribution in [0.4, 0.5) is 0 Å². The smallest absolute Gasteiger partial charge is 0.298 e. The van der Waals surface area contributed by atoms with Crippen LogP contribution in [0.3, 0.4) is 0 Å². The van der Waals surface area contributed by atoms with E-state index in [9.17, 15) is 9.59 Å². The van der Waals surface area contributed by atoms with E-state index in [1.165, 1.54) is 0 Å². The van der Waals surface area contributed by atoms with Crippen LogP contribution in [0.2, 0.25) is 0 Å². The number of likely N-dealkylation sites (tertiary alicyclic amines) is 2. The number of carbonyl (C=O) groups excluding carboxylic acids is 2. The second kappa shape index (κ2) is 10.3. The Bertz CT molecular complexity index is 841. The van der Waals surface area contributed by atoms with Crippen molar-refractivity contribution in [2.45, 2.75) is 46.0 Å². The maximum absolute atomic E-state index is 12.7. The quantitative estimate of drug-likeness (QED) is 0.551. The lowest BCUT2D eigenvalue weighted by Gasteiger charge is -2.38. The minimum absolute atomic E-state index is 0.0347. The maximum Gasteiger partial charge on any atom is 0.298 e. The summed E-state index contributed by atoms with van der Waals surface area (Å²) in [5, 5.41) is 0. The van der Waals surface area contributed by atoms with Gasteiger partial charge in [0.2, 0.25) is 5.91 Å². The normalized spacial score (nSPS) is 17.8. The number of piperidine rings is 1. The molecule has 2 aliphatic rings. The minimum atomic E-state index is -0.0465.